The van der Waals surface area contributed by atoms with E-state index in [4.69, 9.17) is 26.4 Å². The monoisotopic (exact) mass is 398 g/mol. The molecule has 29 heavy (non-hydrogen) atoms. The normalized spacial score (nSPS) is 11.4. The molecule has 0 heterocycles. The van der Waals surface area contributed by atoms with E-state index in [-0.39, 0.29) is 19.0 Å². The number of anilines is 1. The standard InChI is InChI=1S/C21H26N4O4/c1-3-13-5-10-17(29-12-18(22)26)16(11-13)19(21(27)28-4-2)25-15-8-6-14(7-9-15)20(23)24/h5-11,19,25H,3-4,12H2,1-2H3,(H2,22,26)(H3,23,24). The van der Waals surface area contributed by atoms with Gasteiger partial charge in [0.2, 0.25) is 0 Å². The number of nitrogen functional groups attached to an aromatic ring is 1. The van der Waals surface area contributed by atoms with Gasteiger partial charge in [0.25, 0.3) is 5.91 Å². The van der Waals surface area contributed by atoms with Gasteiger partial charge in [0.05, 0.1) is 6.61 Å². The lowest BCUT2D eigenvalue weighted by molar-refractivity contribution is -0.144. The van der Waals surface area contributed by atoms with Gasteiger partial charge in [-0.1, -0.05) is 13.0 Å². The first-order valence-electron chi connectivity index (χ1n) is 9.27. The SMILES string of the molecule is CCOC(=O)C(Nc1ccc(C(=N)N)cc1)c1cc(CC)ccc1OCC(N)=O. The first-order chi connectivity index (χ1) is 13.8. The summed E-state index contributed by atoms with van der Waals surface area (Å²) in [5.74, 6) is -0.778. The van der Waals surface area contributed by atoms with Crippen LogP contribution >= 0.6 is 0 Å². The zero-order valence-corrected chi connectivity index (χ0v) is 16.5. The molecule has 8 heteroatoms. The molecule has 0 saturated carbocycles. The molecule has 1 unspecified atom stereocenters. The summed E-state index contributed by atoms with van der Waals surface area (Å²) >= 11 is 0. The lowest BCUT2D eigenvalue weighted by Gasteiger charge is -2.22. The van der Waals surface area contributed by atoms with E-state index in [9.17, 15) is 9.59 Å². The summed E-state index contributed by atoms with van der Waals surface area (Å²) in [6, 6.07) is 11.3. The second kappa shape index (κ2) is 10.1. The fourth-order valence-electron chi connectivity index (χ4n) is 2.73. The van der Waals surface area contributed by atoms with Crippen molar-refractivity contribution in [3.05, 3.63) is 59.2 Å². The molecule has 154 valence electrons. The summed E-state index contributed by atoms with van der Waals surface area (Å²) in [5.41, 5.74) is 13.4. The van der Waals surface area contributed by atoms with Crippen molar-refractivity contribution in [2.24, 2.45) is 11.5 Å². The van der Waals surface area contributed by atoms with Crippen LogP contribution in [-0.4, -0.2) is 30.9 Å². The van der Waals surface area contributed by atoms with Crippen molar-refractivity contribution >= 4 is 23.4 Å². The molecule has 6 N–H and O–H groups in total. The third kappa shape index (κ3) is 5.97. The Morgan fingerprint density at radius 3 is 2.34 bits per heavy atom. The Balaban J connectivity index is 2.43. The van der Waals surface area contributed by atoms with Gasteiger partial charge in [-0.15, -0.1) is 0 Å². The Hall–Kier alpha value is -3.55. The minimum Gasteiger partial charge on any atom is -0.483 e. The summed E-state index contributed by atoms with van der Waals surface area (Å²) in [6.45, 7) is 3.63. The molecule has 0 fully saturated rings. The van der Waals surface area contributed by atoms with Crippen LogP contribution < -0.4 is 21.5 Å². The maximum absolute atomic E-state index is 12.7. The van der Waals surface area contributed by atoms with Gasteiger partial charge in [0.1, 0.15) is 11.6 Å². The maximum atomic E-state index is 12.7. The molecule has 8 nitrogen and oxygen atoms in total. The number of esters is 1. The largest absolute Gasteiger partial charge is 0.483 e. The van der Waals surface area contributed by atoms with E-state index in [1.54, 1.807) is 37.3 Å². The number of benzene rings is 2. The molecule has 2 aromatic carbocycles. The molecule has 0 saturated heterocycles. The van der Waals surface area contributed by atoms with Crippen LogP contribution in [0.3, 0.4) is 0 Å². The second-order valence-electron chi connectivity index (χ2n) is 6.30. The zero-order valence-electron chi connectivity index (χ0n) is 16.5. The number of ether oxygens (including phenoxy) is 2. The molecule has 0 aliphatic rings. The van der Waals surface area contributed by atoms with Gasteiger partial charge in [-0.25, -0.2) is 4.79 Å². The number of amidine groups is 1. The van der Waals surface area contributed by atoms with E-state index in [2.05, 4.69) is 5.32 Å². The minimum atomic E-state index is -0.868. The van der Waals surface area contributed by atoms with E-state index < -0.39 is 17.9 Å². The van der Waals surface area contributed by atoms with Crippen LogP contribution in [0.5, 0.6) is 5.75 Å². The lowest BCUT2D eigenvalue weighted by atomic mass is 10.0. The second-order valence-corrected chi connectivity index (χ2v) is 6.30. The smallest absolute Gasteiger partial charge is 0.333 e. The van der Waals surface area contributed by atoms with Crippen molar-refractivity contribution in [3.63, 3.8) is 0 Å². The highest BCUT2D eigenvalue weighted by Gasteiger charge is 2.26. The number of nitrogens with two attached hydrogens (primary N) is 2. The molecule has 0 aliphatic carbocycles. The highest BCUT2D eigenvalue weighted by atomic mass is 16.5. The Bertz CT molecular complexity index is 881. The fourth-order valence-corrected chi connectivity index (χ4v) is 2.73. The molecule has 1 atom stereocenters. The Morgan fingerprint density at radius 1 is 1.10 bits per heavy atom. The van der Waals surface area contributed by atoms with E-state index in [0.29, 0.717) is 22.6 Å². The molecule has 0 aromatic heterocycles. The van der Waals surface area contributed by atoms with E-state index in [1.165, 1.54) is 0 Å². The number of hydrogen-bond acceptors (Lipinski definition) is 6. The molecule has 2 aromatic rings. The maximum Gasteiger partial charge on any atom is 0.333 e. The van der Waals surface area contributed by atoms with Crippen LogP contribution in [-0.2, 0) is 20.7 Å². The summed E-state index contributed by atoms with van der Waals surface area (Å²) < 4.78 is 10.8. The number of primary amides is 1. The Kier molecular flexibility index (Phi) is 7.59. The van der Waals surface area contributed by atoms with Crippen molar-refractivity contribution in [1.29, 1.82) is 5.41 Å². The van der Waals surface area contributed by atoms with E-state index in [0.717, 1.165) is 12.0 Å². The topological polar surface area (TPSA) is 141 Å². The van der Waals surface area contributed by atoms with Crippen LogP contribution in [0.4, 0.5) is 5.69 Å². The average molecular weight is 398 g/mol. The van der Waals surface area contributed by atoms with Crippen molar-refractivity contribution in [3.8, 4) is 5.75 Å². The van der Waals surface area contributed by atoms with Crippen molar-refractivity contribution in [2.75, 3.05) is 18.5 Å². The molecular formula is C21H26N4O4. The predicted molar refractivity (Wildman–Crippen MR) is 111 cm³/mol. The van der Waals surface area contributed by atoms with Crippen LogP contribution in [0, 0.1) is 5.41 Å². The van der Waals surface area contributed by atoms with Gasteiger partial charge >= 0.3 is 5.97 Å². The molecule has 1 amide bonds. The highest BCUT2D eigenvalue weighted by molar-refractivity contribution is 5.95. The molecule has 0 bridgehead atoms. The number of carbonyl (C=O) groups is 2. The predicted octanol–water partition coefficient (Wildman–Crippen LogP) is 2.11. The van der Waals surface area contributed by atoms with Gasteiger partial charge in [-0.2, -0.15) is 0 Å². The van der Waals surface area contributed by atoms with Gasteiger partial charge in [0, 0.05) is 16.8 Å². The van der Waals surface area contributed by atoms with Gasteiger partial charge in [-0.05, 0) is 55.3 Å². The number of carbonyl (C=O) groups excluding carboxylic acids is 2. The molecule has 0 aliphatic heterocycles. The first kappa shape index (κ1) is 21.7. The Morgan fingerprint density at radius 2 is 1.79 bits per heavy atom. The van der Waals surface area contributed by atoms with E-state index >= 15 is 0 Å². The molecule has 2 rings (SSSR count). The number of amides is 1. The molecule has 0 spiro atoms. The van der Waals surface area contributed by atoms with Crippen LogP contribution in [0.15, 0.2) is 42.5 Å². The number of aryl methyl sites for hydroxylation is 1. The third-order valence-electron chi connectivity index (χ3n) is 4.19. The fraction of sp³-hybridized carbons (Fsp3) is 0.286. The van der Waals surface area contributed by atoms with Crippen LogP contribution in [0.25, 0.3) is 0 Å². The van der Waals surface area contributed by atoms with Gasteiger partial charge < -0.3 is 26.3 Å². The van der Waals surface area contributed by atoms with Crippen molar-refractivity contribution in [1.82, 2.24) is 0 Å². The molecular weight excluding hydrogens is 372 g/mol. The Labute approximate surface area is 169 Å². The third-order valence-corrected chi connectivity index (χ3v) is 4.19. The van der Waals surface area contributed by atoms with Crippen molar-refractivity contribution < 1.29 is 19.1 Å². The first-order valence-corrected chi connectivity index (χ1v) is 9.27. The zero-order chi connectivity index (χ0) is 21.4. The average Bonchev–Trinajstić information content (AvgIpc) is 2.70. The number of nitrogens with one attached hydrogen (secondary N) is 2. The summed E-state index contributed by atoms with van der Waals surface area (Å²) in [4.78, 5) is 23.9. The summed E-state index contributed by atoms with van der Waals surface area (Å²) in [7, 11) is 0. The lowest BCUT2D eigenvalue weighted by Crippen LogP contribution is -2.26. The highest BCUT2D eigenvalue weighted by Crippen LogP contribution is 2.31. The van der Waals surface area contributed by atoms with Crippen LogP contribution in [0.2, 0.25) is 0 Å². The summed E-state index contributed by atoms with van der Waals surface area (Å²) in [5, 5.41) is 10.6. The number of rotatable bonds is 10. The summed E-state index contributed by atoms with van der Waals surface area (Å²) in [6.07, 6.45) is 0.756. The van der Waals surface area contributed by atoms with Gasteiger partial charge in [-0.3, -0.25) is 10.2 Å². The van der Waals surface area contributed by atoms with Crippen molar-refractivity contribution in [2.45, 2.75) is 26.3 Å². The quantitative estimate of drug-likeness (QED) is 0.274. The molecule has 0 radical (unpaired) electrons. The van der Waals surface area contributed by atoms with E-state index in [1.807, 2.05) is 19.1 Å². The van der Waals surface area contributed by atoms with Gasteiger partial charge in [0.15, 0.2) is 12.6 Å². The number of hydrogen-bond donors (Lipinski definition) is 4. The minimum absolute atomic E-state index is 0.0451. The van der Waals surface area contributed by atoms with Crippen LogP contribution in [0.1, 0.15) is 36.6 Å².